The van der Waals surface area contributed by atoms with Gasteiger partial charge < -0.3 is 19.9 Å². The second-order valence-electron chi connectivity index (χ2n) is 6.47. The van der Waals surface area contributed by atoms with Gasteiger partial charge in [0.25, 0.3) is 0 Å². The Kier molecular flexibility index (Phi) is 5.28. The zero-order valence-corrected chi connectivity index (χ0v) is 15.5. The summed E-state index contributed by atoms with van der Waals surface area (Å²) in [4.78, 5) is 4.57. The third-order valence-electron chi connectivity index (χ3n) is 3.93. The van der Waals surface area contributed by atoms with Crippen molar-refractivity contribution < 1.29 is 14.2 Å². The standard InChI is InChI=1S/C21H24N2O3/c1-13(2)25-17-7-9-19(20(12-17)24-4)26-21-10-6-16-11-15(14(3)22)5-8-18(16)23-21/h5-14H,22H2,1-4H3. The van der Waals surface area contributed by atoms with Crippen LogP contribution in [-0.4, -0.2) is 18.2 Å². The third-order valence-corrected chi connectivity index (χ3v) is 3.93. The van der Waals surface area contributed by atoms with Gasteiger partial charge in [0.05, 0.1) is 18.7 Å². The quantitative estimate of drug-likeness (QED) is 0.687. The van der Waals surface area contributed by atoms with Crippen LogP contribution in [0.5, 0.6) is 23.1 Å². The Bertz CT molecular complexity index is 907. The molecule has 1 unspecified atom stereocenters. The Morgan fingerprint density at radius 3 is 2.42 bits per heavy atom. The van der Waals surface area contributed by atoms with Gasteiger partial charge in [0, 0.05) is 23.6 Å². The van der Waals surface area contributed by atoms with Crippen molar-refractivity contribution in [2.75, 3.05) is 7.11 Å². The molecule has 1 aromatic heterocycles. The van der Waals surface area contributed by atoms with Crippen molar-refractivity contribution in [3.05, 3.63) is 54.1 Å². The molecule has 2 N–H and O–H groups in total. The van der Waals surface area contributed by atoms with Crippen LogP contribution in [0.4, 0.5) is 0 Å². The summed E-state index contributed by atoms with van der Waals surface area (Å²) in [6.07, 6.45) is 0.0924. The minimum Gasteiger partial charge on any atom is -0.493 e. The summed E-state index contributed by atoms with van der Waals surface area (Å²) >= 11 is 0. The van der Waals surface area contributed by atoms with Gasteiger partial charge in [-0.1, -0.05) is 6.07 Å². The average molecular weight is 352 g/mol. The molecule has 0 saturated heterocycles. The molecule has 0 amide bonds. The zero-order valence-electron chi connectivity index (χ0n) is 15.5. The van der Waals surface area contributed by atoms with Crippen LogP contribution in [0.2, 0.25) is 0 Å². The average Bonchev–Trinajstić information content (AvgIpc) is 2.62. The number of benzene rings is 2. The molecule has 1 atom stereocenters. The van der Waals surface area contributed by atoms with Crippen molar-refractivity contribution in [3.63, 3.8) is 0 Å². The molecule has 1 heterocycles. The van der Waals surface area contributed by atoms with Gasteiger partial charge in [-0.3, -0.25) is 0 Å². The molecular weight excluding hydrogens is 328 g/mol. The maximum atomic E-state index is 5.94. The Hall–Kier alpha value is -2.79. The van der Waals surface area contributed by atoms with E-state index in [1.807, 2.05) is 63.2 Å². The first-order valence-electron chi connectivity index (χ1n) is 8.65. The fourth-order valence-electron chi connectivity index (χ4n) is 2.66. The molecule has 2 aromatic carbocycles. The first kappa shape index (κ1) is 18.0. The van der Waals surface area contributed by atoms with Gasteiger partial charge in [-0.05, 0) is 56.7 Å². The van der Waals surface area contributed by atoms with Crippen molar-refractivity contribution in [2.24, 2.45) is 5.73 Å². The van der Waals surface area contributed by atoms with E-state index < -0.39 is 0 Å². The van der Waals surface area contributed by atoms with E-state index in [4.69, 9.17) is 19.9 Å². The zero-order chi connectivity index (χ0) is 18.7. The highest BCUT2D eigenvalue weighted by Gasteiger charge is 2.10. The summed E-state index contributed by atoms with van der Waals surface area (Å²) in [7, 11) is 1.60. The smallest absolute Gasteiger partial charge is 0.219 e. The number of ether oxygens (including phenoxy) is 3. The SMILES string of the molecule is COc1cc(OC(C)C)ccc1Oc1ccc2cc(C(C)N)ccc2n1. The molecule has 3 aromatic rings. The normalized spacial score (nSPS) is 12.2. The van der Waals surface area contributed by atoms with E-state index in [0.29, 0.717) is 17.4 Å². The Labute approximate surface area is 153 Å². The molecule has 3 rings (SSSR count). The van der Waals surface area contributed by atoms with Gasteiger partial charge in [-0.15, -0.1) is 0 Å². The summed E-state index contributed by atoms with van der Waals surface area (Å²) < 4.78 is 17.0. The number of hydrogen-bond donors (Lipinski definition) is 1. The molecule has 0 aliphatic rings. The van der Waals surface area contributed by atoms with Gasteiger partial charge >= 0.3 is 0 Å². The number of rotatable bonds is 6. The first-order valence-corrected chi connectivity index (χ1v) is 8.65. The van der Waals surface area contributed by atoms with Gasteiger partial charge in [-0.2, -0.15) is 0 Å². The predicted octanol–water partition coefficient (Wildman–Crippen LogP) is 4.84. The van der Waals surface area contributed by atoms with Crippen molar-refractivity contribution in [1.82, 2.24) is 4.98 Å². The number of nitrogens with zero attached hydrogens (tertiary/aromatic N) is 1. The molecule has 0 aliphatic carbocycles. The number of aromatic nitrogens is 1. The summed E-state index contributed by atoms with van der Waals surface area (Å²) in [5.41, 5.74) is 7.87. The summed E-state index contributed by atoms with van der Waals surface area (Å²) in [5, 5.41) is 1.03. The Morgan fingerprint density at radius 1 is 0.923 bits per heavy atom. The predicted molar refractivity (Wildman–Crippen MR) is 103 cm³/mol. The van der Waals surface area contributed by atoms with Gasteiger partial charge in [0.15, 0.2) is 11.5 Å². The van der Waals surface area contributed by atoms with Gasteiger partial charge in [0.2, 0.25) is 5.88 Å². The van der Waals surface area contributed by atoms with Gasteiger partial charge in [0.1, 0.15) is 5.75 Å². The largest absolute Gasteiger partial charge is 0.493 e. The molecule has 0 bridgehead atoms. The lowest BCUT2D eigenvalue weighted by Gasteiger charge is -2.14. The van der Waals surface area contributed by atoms with Crippen molar-refractivity contribution >= 4 is 10.9 Å². The van der Waals surface area contributed by atoms with Crippen molar-refractivity contribution in [1.29, 1.82) is 0 Å². The molecule has 5 heteroatoms. The number of hydrogen-bond acceptors (Lipinski definition) is 5. The second-order valence-corrected chi connectivity index (χ2v) is 6.47. The summed E-state index contributed by atoms with van der Waals surface area (Å²) in [6, 6.07) is 15.3. The lowest BCUT2D eigenvalue weighted by atomic mass is 10.1. The van der Waals surface area contributed by atoms with E-state index in [9.17, 15) is 0 Å². The van der Waals surface area contributed by atoms with E-state index in [-0.39, 0.29) is 12.1 Å². The monoisotopic (exact) mass is 352 g/mol. The van der Waals surface area contributed by atoms with Crippen molar-refractivity contribution in [3.8, 4) is 23.1 Å². The van der Waals surface area contributed by atoms with Crippen molar-refractivity contribution in [2.45, 2.75) is 32.9 Å². The highest BCUT2D eigenvalue weighted by Crippen LogP contribution is 2.35. The molecule has 5 nitrogen and oxygen atoms in total. The molecular formula is C21H24N2O3. The topological polar surface area (TPSA) is 66.6 Å². The molecule has 0 aliphatic heterocycles. The Balaban J connectivity index is 1.87. The molecule has 136 valence electrons. The third kappa shape index (κ3) is 4.06. The van der Waals surface area contributed by atoms with Crippen LogP contribution >= 0.6 is 0 Å². The van der Waals surface area contributed by atoms with E-state index in [1.54, 1.807) is 7.11 Å². The molecule has 0 spiro atoms. The van der Waals surface area contributed by atoms with E-state index in [1.165, 1.54) is 0 Å². The fourth-order valence-corrected chi connectivity index (χ4v) is 2.66. The summed E-state index contributed by atoms with van der Waals surface area (Å²) in [6.45, 7) is 5.92. The Morgan fingerprint density at radius 2 is 1.73 bits per heavy atom. The van der Waals surface area contributed by atoms with Crippen LogP contribution in [0.15, 0.2) is 48.5 Å². The molecule has 0 fully saturated rings. The van der Waals surface area contributed by atoms with E-state index in [2.05, 4.69) is 11.1 Å². The van der Waals surface area contributed by atoms with E-state index >= 15 is 0 Å². The fraction of sp³-hybridized carbons (Fsp3) is 0.286. The molecule has 0 radical (unpaired) electrons. The van der Waals surface area contributed by atoms with Crippen LogP contribution in [-0.2, 0) is 0 Å². The maximum absolute atomic E-state index is 5.94. The lowest BCUT2D eigenvalue weighted by Crippen LogP contribution is -2.05. The number of pyridine rings is 1. The van der Waals surface area contributed by atoms with Crippen LogP contribution in [0.3, 0.4) is 0 Å². The van der Waals surface area contributed by atoms with Crippen LogP contribution in [0.25, 0.3) is 10.9 Å². The molecule has 0 saturated carbocycles. The van der Waals surface area contributed by atoms with Crippen LogP contribution in [0.1, 0.15) is 32.4 Å². The number of nitrogens with two attached hydrogens (primary N) is 1. The number of fused-ring (bicyclic) bond motifs is 1. The lowest BCUT2D eigenvalue weighted by molar-refractivity contribution is 0.240. The summed E-state index contributed by atoms with van der Waals surface area (Å²) in [5.74, 6) is 2.42. The second kappa shape index (κ2) is 7.62. The van der Waals surface area contributed by atoms with Crippen LogP contribution in [0, 0.1) is 0 Å². The van der Waals surface area contributed by atoms with Crippen LogP contribution < -0.4 is 19.9 Å². The number of methoxy groups -OCH3 is 1. The highest BCUT2D eigenvalue weighted by molar-refractivity contribution is 5.80. The van der Waals surface area contributed by atoms with E-state index in [0.717, 1.165) is 22.2 Å². The minimum absolute atomic E-state index is 0.00818. The first-order chi connectivity index (χ1) is 12.5. The molecule has 26 heavy (non-hydrogen) atoms. The highest BCUT2D eigenvalue weighted by atomic mass is 16.5. The van der Waals surface area contributed by atoms with Gasteiger partial charge in [-0.25, -0.2) is 4.98 Å². The minimum atomic E-state index is -0.00818. The maximum Gasteiger partial charge on any atom is 0.219 e.